The molecule has 0 saturated carbocycles. The largest absolute Gasteiger partial charge is 0.478 e. The van der Waals surface area contributed by atoms with Crippen LogP contribution >= 0.6 is 0 Å². The summed E-state index contributed by atoms with van der Waals surface area (Å²) in [5.41, 5.74) is 4.92. The fourth-order valence-corrected chi connectivity index (χ4v) is 3.85. The molecule has 0 radical (unpaired) electrons. The molecule has 0 bridgehead atoms. The number of carbonyl (C=O) groups is 1. The lowest BCUT2D eigenvalue weighted by molar-refractivity contribution is 0.0698. The van der Waals surface area contributed by atoms with Gasteiger partial charge in [-0.05, 0) is 47.5 Å². The summed E-state index contributed by atoms with van der Waals surface area (Å²) < 4.78 is 0. The monoisotopic (exact) mass is 416 g/mol. The van der Waals surface area contributed by atoms with Crippen LogP contribution in [0.15, 0.2) is 85.2 Å². The second kappa shape index (κ2) is 7.82. The zero-order valence-corrected chi connectivity index (χ0v) is 16.8. The number of fused-ring (bicyclic) bond motifs is 2. The first-order valence-electron chi connectivity index (χ1n) is 9.92. The zero-order valence-electron chi connectivity index (χ0n) is 16.8. The van der Waals surface area contributed by atoms with Crippen LogP contribution in [0.3, 0.4) is 0 Å². The molecule has 0 atom stereocenters. The molecule has 32 heavy (non-hydrogen) atoms. The van der Waals surface area contributed by atoms with E-state index in [9.17, 15) is 15.2 Å². The van der Waals surface area contributed by atoms with Crippen LogP contribution in [0.25, 0.3) is 32.9 Å². The number of nitrogens with zero attached hydrogens (tertiary/aromatic N) is 3. The van der Waals surface area contributed by atoms with E-state index in [2.05, 4.69) is 21.4 Å². The SMILES string of the molecule is N#Cc1cnc2ccc(-c3cccc4ncccc34)cc2c1Nc1ccccc1C(=O)O. The molecular formula is C26H16N4O2. The Bertz CT molecular complexity index is 1550. The number of hydrogen-bond acceptors (Lipinski definition) is 5. The maximum absolute atomic E-state index is 11.7. The number of aromatic carboxylic acids is 1. The molecule has 0 spiro atoms. The number of aromatic nitrogens is 2. The maximum atomic E-state index is 11.7. The molecule has 6 nitrogen and oxygen atoms in total. The molecule has 2 aromatic heterocycles. The fourth-order valence-electron chi connectivity index (χ4n) is 3.85. The van der Waals surface area contributed by atoms with Gasteiger partial charge in [-0.1, -0.05) is 36.4 Å². The van der Waals surface area contributed by atoms with Crippen molar-refractivity contribution in [3.63, 3.8) is 0 Å². The van der Waals surface area contributed by atoms with Crippen molar-refractivity contribution < 1.29 is 9.90 Å². The number of rotatable bonds is 4. The summed E-state index contributed by atoms with van der Waals surface area (Å²) in [4.78, 5) is 20.5. The van der Waals surface area contributed by atoms with Crippen molar-refractivity contribution in [3.8, 4) is 17.2 Å². The molecule has 3 aromatic carbocycles. The van der Waals surface area contributed by atoms with Crippen molar-refractivity contribution in [1.29, 1.82) is 5.26 Å². The lowest BCUT2D eigenvalue weighted by Gasteiger charge is -2.14. The lowest BCUT2D eigenvalue weighted by Crippen LogP contribution is -2.04. The highest BCUT2D eigenvalue weighted by Gasteiger charge is 2.15. The van der Waals surface area contributed by atoms with Crippen molar-refractivity contribution >= 4 is 39.1 Å². The molecule has 5 aromatic rings. The van der Waals surface area contributed by atoms with Crippen molar-refractivity contribution in [2.75, 3.05) is 5.32 Å². The smallest absolute Gasteiger partial charge is 0.337 e. The average molecular weight is 416 g/mol. The molecule has 2 heterocycles. The predicted octanol–water partition coefficient (Wildman–Crippen LogP) is 5.76. The Hall–Kier alpha value is -4.76. The van der Waals surface area contributed by atoms with Crippen molar-refractivity contribution in [2.24, 2.45) is 0 Å². The topological polar surface area (TPSA) is 98.9 Å². The number of pyridine rings is 2. The summed E-state index contributed by atoms with van der Waals surface area (Å²) in [6, 6.07) is 24.5. The summed E-state index contributed by atoms with van der Waals surface area (Å²) >= 11 is 0. The normalized spacial score (nSPS) is 10.7. The van der Waals surface area contributed by atoms with Crippen molar-refractivity contribution in [3.05, 3.63) is 96.3 Å². The molecule has 0 aliphatic carbocycles. The minimum absolute atomic E-state index is 0.123. The number of carboxylic acids is 1. The number of benzene rings is 3. The summed E-state index contributed by atoms with van der Waals surface area (Å²) in [6.07, 6.45) is 3.26. The Balaban J connectivity index is 1.73. The fraction of sp³-hybridized carbons (Fsp3) is 0. The van der Waals surface area contributed by atoms with Gasteiger partial charge < -0.3 is 10.4 Å². The van der Waals surface area contributed by atoms with Crippen LogP contribution in [0.5, 0.6) is 0 Å². The highest BCUT2D eigenvalue weighted by Crippen LogP contribution is 2.35. The van der Waals surface area contributed by atoms with Gasteiger partial charge in [0, 0.05) is 23.2 Å². The van der Waals surface area contributed by atoms with Gasteiger partial charge in [-0.3, -0.25) is 9.97 Å². The van der Waals surface area contributed by atoms with E-state index in [-0.39, 0.29) is 5.56 Å². The van der Waals surface area contributed by atoms with E-state index in [0.29, 0.717) is 22.5 Å². The zero-order chi connectivity index (χ0) is 22.1. The van der Waals surface area contributed by atoms with E-state index in [4.69, 9.17) is 0 Å². The third-order valence-electron chi connectivity index (χ3n) is 5.36. The second-order valence-electron chi connectivity index (χ2n) is 7.24. The number of anilines is 2. The van der Waals surface area contributed by atoms with Crippen LogP contribution in [-0.4, -0.2) is 21.0 Å². The summed E-state index contributed by atoms with van der Waals surface area (Å²) in [5, 5.41) is 24.2. The molecular weight excluding hydrogens is 400 g/mol. The second-order valence-corrected chi connectivity index (χ2v) is 7.24. The van der Waals surface area contributed by atoms with Crippen LogP contribution < -0.4 is 5.32 Å². The van der Waals surface area contributed by atoms with Crippen LogP contribution in [0, 0.1) is 11.3 Å². The van der Waals surface area contributed by atoms with Crippen LogP contribution in [0.4, 0.5) is 11.4 Å². The number of hydrogen-bond donors (Lipinski definition) is 2. The van der Waals surface area contributed by atoms with Gasteiger partial charge >= 0.3 is 5.97 Å². The van der Waals surface area contributed by atoms with Gasteiger partial charge in [0.15, 0.2) is 0 Å². The molecule has 0 amide bonds. The Labute approximate surface area is 183 Å². The van der Waals surface area contributed by atoms with E-state index < -0.39 is 5.97 Å². The van der Waals surface area contributed by atoms with E-state index in [1.165, 1.54) is 12.3 Å². The molecule has 0 saturated heterocycles. The Kier molecular flexibility index (Phi) is 4.70. The minimum atomic E-state index is -1.05. The maximum Gasteiger partial charge on any atom is 0.337 e. The lowest BCUT2D eigenvalue weighted by atomic mass is 9.98. The summed E-state index contributed by atoms with van der Waals surface area (Å²) in [7, 11) is 0. The standard InChI is InChI=1S/C26H16N4O2/c27-14-17-15-29-23-11-10-16(18-6-3-9-22-19(18)7-4-12-28-22)13-21(23)25(17)30-24-8-2-1-5-20(24)26(31)32/h1-13,15H,(H,29,30)(H,31,32). The number of carboxylic acid groups (broad SMARTS) is 1. The molecule has 0 aliphatic heterocycles. The number of para-hydroxylation sites is 1. The van der Waals surface area contributed by atoms with Crippen molar-refractivity contribution in [2.45, 2.75) is 0 Å². The predicted molar refractivity (Wildman–Crippen MR) is 124 cm³/mol. The summed E-state index contributed by atoms with van der Waals surface area (Å²) in [6.45, 7) is 0. The first-order valence-corrected chi connectivity index (χ1v) is 9.92. The number of nitrogens with one attached hydrogen (secondary N) is 1. The highest BCUT2D eigenvalue weighted by molar-refractivity contribution is 6.03. The molecule has 152 valence electrons. The van der Waals surface area contributed by atoms with Gasteiger partial charge in [0.1, 0.15) is 6.07 Å². The Morgan fingerprint density at radius 1 is 0.906 bits per heavy atom. The van der Waals surface area contributed by atoms with Gasteiger partial charge in [-0.2, -0.15) is 5.26 Å². The van der Waals surface area contributed by atoms with Crippen LogP contribution in [0.1, 0.15) is 15.9 Å². The van der Waals surface area contributed by atoms with E-state index in [1.54, 1.807) is 24.4 Å². The van der Waals surface area contributed by atoms with E-state index in [1.807, 2.05) is 48.5 Å². The summed E-state index contributed by atoms with van der Waals surface area (Å²) in [5.74, 6) is -1.05. The first kappa shape index (κ1) is 19.2. The molecule has 0 fully saturated rings. The van der Waals surface area contributed by atoms with Gasteiger partial charge in [0.05, 0.1) is 33.5 Å². The quantitative estimate of drug-likeness (QED) is 0.386. The van der Waals surface area contributed by atoms with Crippen molar-refractivity contribution in [1.82, 2.24) is 9.97 Å². The molecule has 5 rings (SSSR count). The van der Waals surface area contributed by atoms with Crippen LogP contribution in [0.2, 0.25) is 0 Å². The molecule has 6 heteroatoms. The highest BCUT2D eigenvalue weighted by atomic mass is 16.4. The average Bonchev–Trinajstić information content (AvgIpc) is 2.84. The van der Waals surface area contributed by atoms with Crippen LogP contribution in [-0.2, 0) is 0 Å². The molecule has 0 unspecified atom stereocenters. The third kappa shape index (κ3) is 3.28. The first-order chi connectivity index (χ1) is 15.7. The molecule has 0 aliphatic rings. The Morgan fingerprint density at radius 2 is 1.75 bits per heavy atom. The third-order valence-corrected chi connectivity index (χ3v) is 5.36. The van der Waals surface area contributed by atoms with Gasteiger partial charge in [0.25, 0.3) is 0 Å². The minimum Gasteiger partial charge on any atom is -0.478 e. The molecule has 2 N–H and O–H groups in total. The van der Waals surface area contributed by atoms with E-state index >= 15 is 0 Å². The van der Waals surface area contributed by atoms with Gasteiger partial charge in [-0.25, -0.2) is 4.79 Å². The number of nitriles is 1. The van der Waals surface area contributed by atoms with Gasteiger partial charge in [0.2, 0.25) is 0 Å². The van der Waals surface area contributed by atoms with E-state index in [0.717, 1.165) is 27.4 Å². The Morgan fingerprint density at radius 3 is 2.59 bits per heavy atom. The van der Waals surface area contributed by atoms with Gasteiger partial charge in [-0.15, -0.1) is 0 Å².